The van der Waals surface area contributed by atoms with Crippen LogP contribution < -0.4 is 15.0 Å². The molecule has 2 aromatic rings. The molecule has 1 aromatic carbocycles. The highest BCUT2D eigenvalue weighted by atomic mass is 79.9. The first kappa shape index (κ1) is 23.1. The van der Waals surface area contributed by atoms with Crippen molar-refractivity contribution in [2.24, 2.45) is 5.92 Å². The third-order valence-corrected chi connectivity index (χ3v) is 6.00. The molecule has 1 fully saturated rings. The van der Waals surface area contributed by atoms with Crippen molar-refractivity contribution in [2.75, 3.05) is 44.7 Å². The molecule has 0 unspecified atom stereocenters. The lowest BCUT2D eigenvalue weighted by molar-refractivity contribution is 0.0745. The number of pyridine rings is 1. The van der Waals surface area contributed by atoms with Gasteiger partial charge in [0.05, 0.1) is 18.2 Å². The minimum Gasteiger partial charge on any atom is -0.497 e. The van der Waals surface area contributed by atoms with E-state index in [1.165, 1.54) is 0 Å². The van der Waals surface area contributed by atoms with Crippen LogP contribution in [0.4, 0.5) is 5.82 Å². The number of piperazine rings is 1. The second-order valence-electron chi connectivity index (χ2n) is 7.97. The Morgan fingerprint density at radius 1 is 1.16 bits per heavy atom. The fraction of sp³-hybridized carbons (Fsp3) is 0.435. The van der Waals surface area contributed by atoms with Crippen LogP contribution in [0.3, 0.4) is 0 Å². The van der Waals surface area contributed by atoms with Crippen molar-refractivity contribution in [3.8, 4) is 5.75 Å². The first-order chi connectivity index (χ1) is 14.9. The number of hydrogen-bond acceptors (Lipinski definition) is 5. The van der Waals surface area contributed by atoms with Crippen LogP contribution >= 0.6 is 15.9 Å². The smallest absolute Gasteiger partial charge is 0.255 e. The summed E-state index contributed by atoms with van der Waals surface area (Å²) in [6, 6.07) is 9.07. The van der Waals surface area contributed by atoms with Crippen LogP contribution in [-0.4, -0.2) is 61.5 Å². The zero-order chi connectivity index (χ0) is 22.4. The van der Waals surface area contributed by atoms with E-state index in [0.717, 1.165) is 16.7 Å². The predicted molar refractivity (Wildman–Crippen MR) is 125 cm³/mol. The molecule has 0 saturated carbocycles. The first-order valence-corrected chi connectivity index (χ1v) is 11.3. The summed E-state index contributed by atoms with van der Waals surface area (Å²) in [7, 11) is 1.59. The molecule has 2 amide bonds. The standard InChI is InChI=1S/C23H29BrN4O3/c1-16(2)8-9-25-22(29)17-4-7-21(26-15-17)27-10-12-28(13-11-27)23(30)19-14-18(31-3)5-6-20(19)24/h4-7,14-16H,8-13H2,1-3H3,(H,25,29). The summed E-state index contributed by atoms with van der Waals surface area (Å²) in [5, 5.41) is 2.93. The summed E-state index contributed by atoms with van der Waals surface area (Å²) < 4.78 is 6.00. The minimum absolute atomic E-state index is 0.0215. The molecule has 1 aromatic heterocycles. The molecule has 7 nitrogen and oxygen atoms in total. The molecule has 166 valence electrons. The molecule has 8 heteroatoms. The van der Waals surface area contributed by atoms with Gasteiger partial charge in [-0.2, -0.15) is 0 Å². The van der Waals surface area contributed by atoms with E-state index in [4.69, 9.17) is 4.74 Å². The Labute approximate surface area is 191 Å². The molecule has 0 bridgehead atoms. The molecule has 3 rings (SSSR count). The molecular weight excluding hydrogens is 460 g/mol. The molecule has 0 aliphatic carbocycles. The van der Waals surface area contributed by atoms with Crippen molar-refractivity contribution in [3.05, 3.63) is 52.1 Å². The van der Waals surface area contributed by atoms with Gasteiger partial charge in [-0.15, -0.1) is 0 Å². The van der Waals surface area contributed by atoms with Gasteiger partial charge in [0.15, 0.2) is 0 Å². The molecule has 1 aliphatic rings. The van der Waals surface area contributed by atoms with Crippen molar-refractivity contribution in [3.63, 3.8) is 0 Å². The highest BCUT2D eigenvalue weighted by molar-refractivity contribution is 9.10. The third-order valence-electron chi connectivity index (χ3n) is 5.31. The normalized spacial score (nSPS) is 14.0. The Bertz CT molecular complexity index is 910. The van der Waals surface area contributed by atoms with Crippen LogP contribution in [0.25, 0.3) is 0 Å². The average Bonchev–Trinajstić information content (AvgIpc) is 2.79. The van der Waals surface area contributed by atoms with E-state index < -0.39 is 0 Å². The van der Waals surface area contributed by atoms with Gasteiger partial charge in [-0.3, -0.25) is 9.59 Å². The lowest BCUT2D eigenvalue weighted by atomic mass is 10.1. The SMILES string of the molecule is COc1ccc(Br)c(C(=O)N2CCN(c3ccc(C(=O)NCCC(C)C)cn3)CC2)c1. The zero-order valence-electron chi connectivity index (χ0n) is 18.2. The Morgan fingerprint density at radius 3 is 2.52 bits per heavy atom. The molecule has 1 saturated heterocycles. The molecule has 31 heavy (non-hydrogen) atoms. The van der Waals surface area contributed by atoms with E-state index in [9.17, 15) is 9.59 Å². The largest absolute Gasteiger partial charge is 0.497 e. The molecule has 1 N–H and O–H groups in total. The number of carbonyl (C=O) groups is 2. The third kappa shape index (κ3) is 5.97. The van der Waals surface area contributed by atoms with Gasteiger partial charge in [-0.1, -0.05) is 13.8 Å². The van der Waals surface area contributed by atoms with Crippen molar-refractivity contribution in [1.29, 1.82) is 0 Å². The zero-order valence-corrected chi connectivity index (χ0v) is 19.8. The number of carbonyl (C=O) groups excluding carboxylic acids is 2. The van der Waals surface area contributed by atoms with Crippen LogP contribution in [0.2, 0.25) is 0 Å². The number of methoxy groups -OCH3 is 1. The maximum absolute atomic E-state index is 12.9. The first-order valence-electron chi connectivity index (χ1n) is 10.5. The fourth-order valence-electron chi connectivity index (χ4n) is 3.39. The average molecular weight is 489 g/mol. The van der Waals surface area contributed by atoms with E-state index in [2.05, 4.69) is 45.0 Å². The topological polar surface area (TPSA) is 74.8 Å². The van der Waals surface area contributed by atoms with Crippen LogP contribution in [0.1, 0.15) is 41.0 Å². The number of amides is 2. The molecule has 1 aliphatic heterocycles. The monoisotopic (exact) mass is 488 g/mol. The molecular formula is C23H29BrN4O3. The quantitative estimate of drug-likeness (QED) is 0.644. The maximum Gasteiger partial charge on any atom is 0.255 e. The summed E-state index contributed by atoms with van der Waals surface area (Å²) >= 11 is 3.46. The van der Waals surface area contributed by atoms with Gasteiger partial charge in [-0.05, 0) is 58.6 Å². The van der Waals surface area contributed by atoms with Crippen LogP contribution in [-0.2, 0) is 0 Å². The van der Waals surface area contributed by atoms with Gasteiger partial charge < -0.3 is 19.9 Å². The maximum atomic E-state index is 12.9. The summed E-state index contributed by atoms with van der Waals surface area (Å²) in [5.41, 5.74) is 1.16. The van der Waals surface area contributed by atoms with Crippen LogP contribution in [0.15, 0.2) is 41.0 Å². The van der Waals surface area contributed by atoms with Gasteiger partial charge in [0.1, 0.15) is 11.6 Å². The van der Waals surface area contributed by atoms with E-state index in [1.807, 2.05) is 23.1 Å². The van der Waals surface area contributed by atoms with Gasteiger partial charge >= 0.3 is 0 Å². The van der Waals surface area contributed by atoms with Gasteiger partial charge in [0, 0.05) is 43.4 Å². The number of nitrogens with zero attached hydrogens (tertiary/aromatic N) is 3. The number of rotatable bonds is 7. The molecule has 0 atom stereocenters. The number of nitrogens with one attached hydrogen (secondary N) is 1. The lowest BCUT2D eigenvalue weighted by Crippen LogP contribution is -2.49. The van der Waals surface area contributed by atoms with Crippen molar-refractivity contribution in [1.82, 2.24) is 15.2 Å². The molecule has 0 radical (unpaired) electrons. The Hall–Kier alpha value is -2.61. The number of ether oxygens (including phenoxy) is 1. The van der Waals surface area contributed by atoms with Crippen molar-refractivity contribution in [2.45, 2.75) is 20.3 Å². The Kier molecular flexibility index (Phi) is 7.90. The highest BCUT2D eigenvalue weighted by Crippen LogP contribution is 2.25. The number of benzene rings is 1. The predicted octanol–water partition coefficient (Wildman–Crippen LogP) is 3.59. The second kappa shape index (κ2) is 10.6. The van der Waals surface area contributed by atoms with Gasteiger partial charge in [0.25, 0.3) is 11.8 Å². The lowest BCUT2D eigenvalue weighted by Gasteiger charge is -2.35. The van der Waals surface area contributed by atoms with Gasteiger partial charge in [0.2, 0.25) is 0 Å². The molecule has 0 spiro atoms. The van der Waals surface area contributed by atoms with Crippen LogP contribution in [0.5, 0.6) is 5.75 Å². The van der Waals surface area contributed by atoms with E-state index in [-0.39, 0.29) is 11.8 Å². The summed E-state index contributed by atoms with van der Waals surface area (Å²) in [6.45, 7) is 7.48. The second-order valence-corrected chi connectivity index (χ2v) is 8.82. The Morgan fingerprint density at radius 2 is 1.90 bits per heavy atom. The fourth-order valence-corrected chi connectivity index (χ4v) is 3.80. The number of aromatic nitrogens is 1. The summed E-state index contributed by atoms with van der Waals surface area (Å²) in [5.74, 6) is 1.90. The summed E-state index contributed by atoms with van der Waals surface area (Å²) in [6.07, 6.45) is 2.57. The van der Waals surface area contributed by atoms with E-state index >= 15 is 0 Å². The summed E-state index contributed by atoms with van der Waals surface area (Å²) in [4.78, 5) is 33.6. The Balaban J connectivity index is 1.56. The number of hydrogen-bond donors (Lipinski definition) is 1. The number of anilines is 1. The van der Waals surface area contributed by atoms with Gasteiger partial charge in [-0.25, -0.2) is 4.98 Å². The van der Waals surface area contributed by atoms with Crippen molar-refractivity contribution < 1.29 is 14.3 Å². The highest BCUT2D eigenvalue weighted by Gasteiger charge is 2.24. The van der Waals surface area contributed by atoms with Crippen molar-refractivity contribution >= 4 is 33.6 Å². The van der Waals surface area contributed by atoms with Crippen LogP contribution in [0, 0.1) is 5.92 Å². The molecule has 2 heterocycles. The minimum atomic E-state index is -0.0982. The van der Waals surface area contributed by atoms with E-state index in [0.29, 0.717) is 55.5 Å². The van der Waals surface area contributed by atoms with E-state index in [1.54, 1.807) is 25.4 Å². The number of halogens is 1.